The zero-order chi connectivity index (χ0) is 14.7. The fourth-order valence-electron chi connectivity index (χ4n) is 1.85. The van der Waals surface area contributed by atoms with Gasteiger partial charge in [-0.25, -0.2) is 9.97 Å². The van der Waals surface area contributed by atoms with E-state index < -0.39 is 0 Å². The number of rotatable bonds is 3. The molecule has 1 N–H and O–H groups in total. The molecule has 0 atom stereocenters. The number of nitrogens with zero attached hydrogens (tertiary/aromatic N) is 2. The van der Waals surface area contributed by atoms with Gasteiger partial charge in [-0.15, -0.1) is 11.3 Å². The van der Waals surface area contributed by atoms with Crippen molar-refractivity contribution in [3.8, 4) is 10.6 Å². The van der Waals surface area contributed by atoms with Crippen LogP contribution < -0.4 is 5.32 Å². The molecule has 2 heterocycles. The first-order valence-corrected chi connectivity index (χ1v) is 7.83. The molecule has 0 aliphatic heterocycles. The second-order valence-electron chi connectivity index (χ2n) is 4.21. The lowest BCUT2D eigenvalue weighted by Crippen LogP contribution is -2.12. The molecule has 1 aromatic carbocycles. The minimum atomic E-state index is -0.203. The molecule has 0 unspecified atom stereocenters. The standard InChI is InChI=1S/C15H10BrN3OS/c16-13-12(5-2-6-17-13)14(20)19-11-4-1-3-10(9-11)15-18-7-8-21-15/h1-9H,(H,19,20). The normalized spacial score (nSPS) is 10.3. The number of hydrogen-bond donors (Lipinski definition) is 1. The first-order chi connectivity index (χ1) is 10.2. The number of nitrogens with one attached hydrogen (secondary N) is 1. The van der Waals surface area contributed by atoms with Crippen LogP contribution >= 0.6 is 27.3 Å². The quantitative estimate of drug-likeness (QED) is 0.712. The molecule has 4 nitrogen and oxygen atoms in total. The first-order valence-electron chi connectivity index (χ1n) is 6.16. The molecule has 2 aromatic heterocycles. The lowest BCUT2D eigenvalue weighted by Gasteiger charge is -2.07. The van der Waals surface area contributed by atoms with Crippen LogP contribution in [0.25, 0.3) is 10.6 Å². The van der Waals surface area contributed by atoms with Gasteiger partial charge in [-0.1, -0.05) is 12.1 Å². The molecule has 3 rings (SSSR count). The highest BCUT2D eigenvalue weighted by Crippen LogP contribution is 2.25. The molecule has 0 spiro atoms. The Morgan fingerprint density at radius 3 is 2.81 bits per heavy atom. The topological polar surface area (TPSA) is 54.9 Å². The van der Waals surface area contributed by atoms with Crippen molar-refractivity contribution in [2.75, 3.05) is 5.32 Å². The molecule has 0 saturated heterocycles. The highest BCUT2D eigenvalue weighted by Gasteiger charge is 2.11. The Morgan fingerprint density at radius 2 is 2.05 bits per heavy atom. The van der Waals surface area contributed by atoms with Gasteiger partial charge in [-0.2, -0.15) is 0 Å². The monoisotopic (exact) mass is 359 g/mol. The first kappa shape index (κ1) is 13.9. The Kier molecular flexibility index (Phi) is 4.08. The second-order valence-corrected chi connectivity index (χ2v) is 5.86. The number of pyridine rings is 1. The molecule has 0 aliphatic carbocycles. The second kappa shape index (κ2) is 6.15. The van der Waals surface area contributed by atoms with E-state index in [1.807, 2.05) is 29.6 Å². The summed E-state index contributed by atoms with van der Waals surface area (Å²) in [5, 5.41) is 5.72. The number of halogens is 1. The van der Waals surface area contributed by atoms with Crippen LogP contribution in [-0.4, -0.2) is 15.9 Å². The third-order valence-corrected chi connectivity index (χ3v) is 4.26. The van der Waals surface area contributed by atoms with Crippen LogP contribution in [0.4, 0.5) is 5.69 Å². The van der Waals surface area contributed by atoms with E-state index in [4.69, 9.17) is 0 Å². The number of carbonyl (C=O) groups is 1. The number of amides is 1. The summed E-state index contributed by atoms with van der Waals surface area (Å²) in [6, 6.07) is 11.1. The van der Waals surface area contributed by atoms with Crippen LogP contribution in [0.15, 0.2) is 58.8 Å². The highest BCUT2D eigenvalue weighted by atomic mass is 79.9. The lowest BCUT2D eigenvalue weighted by atomic mass is 10.2. The van der Waals surface area contributed by atoms with E-state index in [1.54, 1.807) is 35.9 Å². The van der Waals surface area contributed by atoms with Crippen LogP contribution in [0.5, 0.6) is 0 Å². The van der Waals surface area contributed by atoms with E-state index >= 15 is 0 Å². The van der Waals surface area contributed by atoms with Gasteiger partial charge >= 0.3 is 0 Å². The Labute approximate surface area is 134 Å². The number of thiazole rings is 1. The summed E-state index contributed by atoms with van der Waals surface area (Å²) < 4.78 is 0.526. The average Bonchev–Trinajstić information content (AvgIpc) is 3.02. The van der Waals surface area contributed by atoms with E-state index in [1.165, 1.54) is 0 Å². The summed E-state index contributed by atoms with van der Waals surface area (Å²) in [4.78, 5) is 20.6. The van der Waals surface area contributed by atoms with Gasteiger partial charge in [0, 0.05) is 29.0 Å². The highest BCUT2D eigenvalue weighted by molar-refractivity contribution is 9.10. The Bertz CT molecular complexity index is 774. The molecule has 6 heteroatoms. The number of carbonyl (C=O) groups excluding carboxylic acids is 1. The summed E-state index contributed by atoms with van der Waals surface area (Å²) in [5.74, 6) is -0.203. The number of hydrogen-bond acceptors (Lipinski definition) is 4. The Hall–Kier alpha value is -2.05. The third-order valence-electron chi connectivity index (χ3n) is 2.80. The van der Waals surface area contributed by atoms with Crippen LogP contribution in [0.3, 0.4) is 0 Å². The number of benzene rings is 1. The number of anilines is 1. The predicted molar refractivity (Wildman–Crippen MR) is 87.4 cm³/mol. The van der Waals surface area contributed by atoms with Gasteiger partial charge in [-0.05, 0) is 40.2 Å². The average molecular weight is 360 g/mol. The maximum absolute atomic E-state index is 12.2. The summed E-state index contributed by atoms with van der Waals surface area (Å²) in [6.45, 7) is 0. The SMILES string of the molecule is O=C(Nc1cccc(-c2nccs2)c1)c1cccnc1Br. The Balaban J connectivity index is 1.84. The molecule has 0 saturated carbocycles. The molecule has 0 fully saturated rings. The molecule has 1 amide bonds. The van der Waals surface area contributed by atoms with E-state index in [0.29, 0.717) is 10.2 Å². The van der Waals surface area contributed by atoms with Crippen LogP contribution in [0.1, 0.15) is 10.4 Å². The molecule has 0 bridgehead atoms. The lowest BCUT2D eigenvalue weighted by molar-refractivity contribution is 0.102. The van der Waals surface area contributed by atoms with Crippen LogP contribution in [0, 0.1) is 0 Å². The van der Waals surface area contributed by atoms with Crippen molar-refractivity contribution >= 4 is 38.9 Å². The van der Waals surface area contributed by atoms with Gasteiger partial charge in [0.1, 0.15) is 9.61 Å². The van der Waals surface area contributed by atoms with Crippen molar-refractivity contribution in [3.05, 3.63) is 64.3 Å². The minimum absolute atomic E-state index is 0.203. The van der Waals surface area contributed by atoms with Crippen LogP contribution in [-0.2, 0) is 0 Å². The fourth-order valence-corrected chi connectivity index (χ4v) is 2.92. The number of aromatic nitrogens is 2. The van der Waals surface area contributed by atoms with Crippen molar-refractivity contribution in [2.24, 2.45) is 0 Å². The molecule has 104 valence electrons. The molecule has 0 aliphatic rings. The third kappa shape index (κ3) is 3.17. The van der Waals surface area contributed by atoms with E-state index in [9.17, 15) is 4.79 Å². The maximum atomic E-state index is 12.2. The van der Waals surface area contributed by atoms with Gasteiger partial charge in [0.05, 0.1) is 5.56 Å². The zero-order valence-corrected chi connectivity index (χ0v) is 13.2. The summed E-state index contributed by atoms with van der Waals surface area (Å²) >= 11 is 4.84. The van der Waals surface area contributed by atoms with Crippen molar-refractivity contribution in [1.29, 1.82) is 0 Å². The summed E-state index contributed by atoms with van der Waals surface area (Å²) in [5.41, 5.74) is 2.20. The molecular weight excluding hydrogens is 350 g/mol. The maximum Gasteiger partial charge on any atom is 0.258 e. The van der Waals surface area contributed by atoms with Crippen molar-refractivity contribution in [1.82, 2.24) is 9.97 Å². The van der Waals surface area contributed by atoms with E-state index in [0.717, 1.165) is 16.3 Å². The minimum Gasteiger partial charge on any atom is -0.322 e. The largest absolute Gasteiger partial charge is 0.322 e. The summed E-state index contributed by atoms with van der Waals surface area (Å²) in [6.07, 6.45) is 3.39. The van der Waals surface area contributed by atoms with E-state index in [2.05, 4.69) is 31.2 Å². The molecule has 0 radical (unpaired) electrons. The Morgan fingerprint density at radius 1 is 1.14 bits per heavy atom. The van der Waals surface area contributed by atoms with Gasteiger partial charge < -0.3 is 5.32 Å². The zero-order valence-electron chi connectivity index (χ0n) is 10.8. The van der Waals surface area contributed by atoms with Crippen LogP contribution in [0.2, 0.25) is 0 Å². The van der Waals surface area contributed by atoms with Gasteiger partial charge in [-0.3, -0.25) is 4.79 Å². The predicted octanol–water partition coefficient (Wildman–Crippen LogP) is 4.22. The molecular formula is C15H10BrN3OS. The van der Waals surface area contributed by atoms with Crippen molar-refractivity contribution in [3.63, 3.8) is 0 Å². The summed E-state index contributed by atoms with van der Waals surface area (Å²) in [7, 11) is 0. The fraction of sp³-hybridized carbons (Fsp3) is 0. The van der Waals surface area contributed by atoms with Crippen molar-refractivity contribution < 1.29 is 4.79 Å². The van der Waals surface area contributed by atoms with Gasteiger partial charge in [0.2, 0.25) is 0 Å². The van der Waals surface area contributed by atoms with Crippen molar-refractivity contribution in [2.45, 2.75) is 0 Å². The molecule has 3 aromatic rings. The molecule has 21 heavy (non-hydrogen) atoms. The van der Waals surface area contributed by atoms with Gasteiger partial charge in [0.25, 0.3) is 5.91 Å². The van der Waals surface area contributed by atoms with E-state index in [-0.39, 0.29) is 5.91 Å². The van der Waals surface area contributed by atoms with Gasteiger partial charge in [0.15, 0.2) is 0 Å². The smallest absolute Gasteiger partial charge is 0.258 e.